The van der Waals surface area contributed by atoms with Crippen LogP contribution in [0.15, 0.2) is 48.7 Å². The molecular formula is C20H24N2O2. The van der Waals surface area contributed by atoms with E-state index < -0.39 is 0 Å². The number of pyridine rings is 1. The van der Waals surface area contributed by atoms with Crippen LogP contribution in [0, 0.1) is 5.92 Å². The number of fused-ring (bicyclic) bond motifs is 1. The van der Waals surface area contributed by atoms with E-state index in [9.17, 15) is 4.79 Å². The van der Waals surface area contributed by atoms with Crippen LogP contribution >= 0.6 is 0 Å². The van der Waals surface area contributed by atoms with Gasteiger partial charge in [-0.05, 0) is 51.0 Å². The minimum atomic E-state index is -0.272. The summed E-state index contributed by atoms with van der Waals surface area (Å²) in [5.74, 6) is 0.874. The van der Waals surface area contributed by atoms with Gasteiger partial charge in [0.15, 0.2) is 0 Å². The van der Waals surface area contributed by atoms with E-state index in [1.54, 1.807) is 6.20 Å². The molecule has 1 aromatic heterocycles. The molecule has 2 aromatic rings. The number of carbonyl (C=O) groups is 1. The summed E-state index contributed by atoms with van der Waals surface area (Å²) in [6.07, 6.45) is 2.49. The normalized spacial score (nSPS) is 16.9. The van der Waals surface area contributed by atoms with Gasteiger partial charge in [-0.1, -0.05) is 24.3 Å². The average molecular weight is 324 g/mol. The van der Waals surface area contributed by atoms with Gasteiger partial charge in [0.2, 0.25) is 5.91 Å². The van der Waals surface area contributed by atoms with E-state index in [1.807, 2.05) is 47.4 Å². The quantitative estimate of drug-likeness (QED) is 0.868. The Labute approximate surface area is 143 Å². The summed E-state index contributed by atoms with van der Waals surface area (Å²) in [6, 6.07) is 13.7. The molecule has 0 N–H and O–H groups in total. The molecule has 0 aliphatic carbocycles. The topological polar surface area (TPSA) is 42.4 Å². The van der Waals surface area contributed by atoms with Crippen LogP contribution in [-0.2, 0) is 17.8 Å². The Morgan fingerprint density at radius 2 is 1.96 bits per heavy atom. The van der Waals surface area contributed by atoms with E-state index in [0.717, 1.165) is 23.4 Å². The number of carbonyl (C=O) groups excluding carboxylic acids is 1. The zero-order valence-corrected chi connectivity index (χ0v) is 14.5. The Morgan fingerprint density at radius 1 is 1.21 bits per heavy atom. The van der Waals surface area contributed by atoms with Crippen LogP contribution in [0.2, 0.25) is 0 Å². The monoisotopic (exact) mass is 324 g/mol. The summed E-state index contributed by atoms with van der Waals surface area (Å²) in [6.45, 7) is 7.13. The van der Waals surface area contributed by atoms with Gasteiger partial charge >= 0.3 is 0 Å². The number of nitrogens with zero attached hydrogens (tertiary/aromatic N) is 2. The fourth-order valence-electron chi connectivity index (χ4n) is 3.01. The van der Waals surface area contributed by atoms with E-state index in [4.69, 9.17) is 4.74 Å². The molecule has 0 saturated heterocycles. The zero-order chi connectivity index (χ0) is 17.2. The lowest BCUT2D eigenvalue weighted by Gasteiger charge is -2.39. The third kappa shape index (κ3) is 3.58. The zero-order valence-electron chi connectivity index (χ0n) is 14.5. The lowest BCUT2D eigenvalue weighted by molar-refractivity contribution is -0.142. The number of hydrogen-bond acceptors (Lipinski definition) is 3. The molecule has 24 heavy (non-hydrogen) atoms. The second kappa shape index (κ2) is 6.63. The molecule has 1 amide bonds. The first-order valence-corrected chi connectivity index (χ1v) is 8.37. The third-order valence-corrected chi connectivity index (χ3v) is 4.35. The highest BCUT2D eigenvalue weighted by Crippen LogP contribution is 2.29. The number of aromatic nitrogens is 1. The van der Waals surface area contributed by atoms with Crippen molar-refractivity contribution < 1.29 is 9.53 Å². The fraction of sp³-hybridized carbons (Fsp3) is 0.400. The molecule has 0 spiro atoms. The second-order valence-corrected chi connectivity index (χ2v) is 7.24. The molecule has 1 aromatic carbocycles. The first kappa shape index (κ1) is 16.5. The molecule has 2 heterocycles. The third-order valence-electron chi connectivity index (χ3n) is 4.35. The Morgan fingerprint density at radius 3 is 2.67 bits per heavy atom. The SMILES string of the molecule is CC(C)(C)N(Cc1ccccn1)C(=O)C1COc2ccccc2C1. The highest BCUT2D eigenvalue weighted by atomic mass is 16.5. The summed E-state index contributed by atoms with van der Waals surface area (Å²) in [7, 11) is 0. The Hall–Kier alpha value is -2.36. The van der Waals surface area contributed by atoms with Gasteiger partial charge in [0.25, 0.3) is 0 Å². The van der Waals surface area contributed by atoms with Crippen LogP contribution in [0.4, 0.5) is 0 Å². The van der Waals surface area contributed by atoms with Gasteiger partial charge in [-0.25, -0.2) is 0 Å². The van der Waals surface area contributed by atoms with E-state index >= 15 is 0 Å². The summed E-state index contributed by atoms with van der Waals surface area (Å²) in [5.41, 5.74) is 1.73. The molecule has 0 fully saturated rings. The first-order valence-electron chi connectivity index (χ1n) is 8.37. The van der Waals surface area contributed by atoms with Gasteiger partial charge in [0.1, 0.15) is 12.4 Å². The molecule has 0 saturated carbocycles. The van der Waals surface area contributed by atoms with Gasteiger partial charge in [0.05, 0.1) is 18.2 Å². The van der Waals surface area contributed by atoms with Crippen molar-refractivity contribution in [1.82, 2.24) is 9.88 Å². The number of benzene rings is 1. The van der Waals surface area contributed by atoms with Crippen molar-refractivity contribution in [2.24, 2.45) is 5.92 Å². The Kier molecular flexibility index (Phi) is 4.56. The Balaban J connectivity index is 1.80. The maximum absolute atomic E-state index is 13.2. The van der Waals surface area contributed by atoms with E-state index in [-0.39, 0.29) is 17.4 Å². The second-order valence-electron chi connectivity index (χ2n) is 7.24. The van der Waals surface area contributed by atoms with Gasteiger partial charge in [0, 0.05) is 11.7 Å². The molecule has 4 nitrogen and oxygen atoms in total. The van der Waals surface area contributed by atoms with Crippen molar-refractivity contribution >= 4 is 5.91 Å². The Bertz CT molecular complexity index is 707. The van der Waals surface area contributed by atoms with Gasteiger partial charge < -0.3 is 9.64 Å². The minimum absolute atomic E-state index is 0.127. The van der Waals surface area contributed by atoms with Gasteiger partial charge in [-0.2, -0.15) is 0 Å². The molecule has 3 rings (SSSR count). The molecule has 1 aliphatic rings. The van der Waals surface area contributed by atoms with Gasteiger partial charge in [-0.3, -0.25) is 9.78 Å². The number of ether oxygens (including phenoxy) is 1. The molecule has 1 aliphatic heterocycles. The van der Waals surface area contributed by atoms with Crippen molar-refractivity contribution in [2.45, 2.75) is 39.3 Å². The number of amides is 1. The number of rotatable bonds is 3. The summed E-state index contributed by atoms with van der Waals surface area (Å²) in [5, 5.41) is 0. The molecule has 1 atom stereocenters. The minimum Gasteiger partial charge on any atom is -0.492 e. The predicted octanol–water partition coefficient (Wildman–Crippen LogP) is 3.46. The largest absolute Gasteiger partial charge is 0.492 e. The molecule has 0 bridgehead atoms. The van der Waals surface area contributed by atoms with Crippen molar-refractivity contribution in [3.05, 3.63) is 59.9 Å². The maximum Gasteiger partial charge on any atom is 0.230 e. The summed E-state index contributed by atoms with van der Waals surface area (Å²) >= 11 is 0. The fourth-order valence-corrected chi connectivity index (χ4v) is 3.01. The molecule has 1 unspecified atom stereocenters. The van der Waals surface area contributed by atoms with Crippen LogP contribution in [0.1, 0.15) is 32.0 Å². The van der Waals surface area contributed by atoms with Gasteiger partial charge in [-0.15, -0.1) is 0 Å². The van der Waals surface area contributed by atoms with Crippen LogP contribution in [0.25, 0.3) is 0 Å². The highest BCUT2D eigenvalue weighted by molar-refractivity contribution is 5.80. The van der Waals surface area contributed by atoms with Crippen molar-refractivity contribution in [3.63, 3.8) is 0 Å². The molecule has 0 radical (unpaired) electrons. The van der Waals surface area contributed by atoms with Crippen LogP contribution in [0.5, 0.6) is 5.75 Å². The summed E-state index contributed by atoms with van der Waals surface area (Å²) in [4.78, 5) is 19.5. The summed E-state index contributed by atoms with van der Waals surface area (Å²) < 4.78 is 5.81. The molecular weight excluding hydrogens is 300 g/mol. The molecule has 126 valence electrons. The number of para-hydroxylation sites is 1. The van der Waals surface area contributed by atoms with Crippen LogP contribution in [-0.4, -0.2) is 27.9 Å². The van der Waals surface area contributed by atoms with Crippen LogP contribution < -0.4 is 4.74 Å². The lowest BCUT2D eigenvalue weighted by atomic mass is 9.93. The number of hydrogen-bond donors (Lipinski definition) is 0. The molecule has 4 heteroatoms. The van der Waals surface area contributed by atoms with Crippen molar-refractivity contribution in [3.8, 4) is 5.75 Å². The van der Waals surface area contributed by atoms with E-state index in [0.29, 0.717) is 13.2 Å². The van der Waals surface area contributed by atoms with E-state index in [2.05, 4.69) is 25.8 Å². The van der Waals surface area contributed by atoms with Crippen LogP contribution in [0.3, 0.4) is 0 Å². The van der Waals surface area contributed by atoms with Crippen molar-refractivity contribution in [1.29, 1.82) is 0 Å². The standard InChI is InChI=1S/C20H24N2O2/c1-20(2,3)22(13-17-9-6-7-11-21-17)19(23)16-12-15-8-4-5-10-18(15)24-14-16/h4-11,16H,12-14H2,1-3H3. The lowest BCUT2D eigenvalue weighted by Crippen LogP contribution is -2.49. The van der Waals surface area contributed by atoms with E-state index in [1.165, 1.54) is 0 Å². The smallest absolute Gasteiger partial charge is 0.230 e. The first-order chi connectivity index (χ1) is 11.4. The average Bonchev–Trinajstić information content (AvgIpc) is 2.58. The predicted molar refractivity (Wildman–Crippen MR) is 93.7 cm³/mol. The maximum atomic E-state index is 13.2. The van der Waals surface area contributed by atoms with Crippen molar-refractivity contribution in [2.75, 3.05) is 6.61 Å². The highest BCUT2D eigenvalue weighted by Gasteiger charge is 2.34.